The fourth-order valence-electron chi connectivity index (χ4n) is 8.29. The molecule has 13 nitrogen and oxygen atoms in total. The van der Waals surface area contributed by atoms with Gasteiger partial charge in [-0.2, -0.15) is 0 Å². The van der Waals surface area contributed by atoms with E-state index in [2.05, 4.69) is 41.7 Å². The van der Waals surface area contributed by atoms with Crippen LogP contribution < -0.4 is 21.3 Å². The quantitative estimate of drug-likeness (QED) is 0.167. The summed E-state index contributed by atoms with van der Waals surface area (Å²) in [6.45, 7) is 15.7. The van der Waals surface area contributed by atoms with Crippen LogP contribution in [0.4, 0.5) is 4.79 Å². The highest BCUT2D eigenvalue weighted by molar-refractivity contribution is 7.92. The van der Waals surface area contributed by atoms with Crippen molar-refractivity contribution < 1.29 is 37.1 Å². The third kappa shape index (κ3) is 8.32. The van der Waals surface area contributed by atoms with E-state index in [1.54, 1.807) is 0 Å². The first kappa shape index (κ1) is 38.8. The van der Waals surface area contributed by atoms with Crippen LogP contribution in [0.25, 0.3) is 0 Å². The zero-order valence-corrected chi connectivity index (χ0v) is 30.9. The van der Waals surface area contributed by atoms with Gasteiger partial charge >= 0.3 is 6.03 Å². The van der Waals surface area contributed by atoms with Gasteiger partial charge in [-0.25, -0.2) is 13.2 Å². The number of ether oxygens (including phenoxy) is 1. The normalized spacial score (nSPS) is 27.8. The van der Waals surface area contributed by atoms with Gasteiger partial charge in [0.25, 0.3) is 5.91 Å². The molecule has 276 valence electrons. The number of fused-ring (bicyclic) bond motifs is 1. The molecule has 0 spiro atoms. The van der Waals surface area contributed by atoms with Crippen molar-refractivity contribution in [2.75, 3.05) is 25.4 Å². The molecule has 2 saturated carbocycles. The van der Waals surface area contributed by atoms with Crippen LogP contribution in [-0.4, -0.2) is 97.4 Å². The lowest BCUT2D eigenvalue weighted by molar-refractivity contribution is -0.145. The number of hydrogen-bond acceptors (Lipinski definition) is 8. The van der Waals surface area contributed by atoms with Gasteiger partial charge in [0.05, 0.1) is 23.9 Å². The largest absolute Gasteiger partial charge is 0.359 e. The van der Waals surface area contributed by atoms with Gasteiger partial charge in [0.15, 0.2) is 15.3 Å². The molecule has 2 heterocycles. The first-order valence-electron chi connectivity index (χ1n) is 17.8. The lowest BCUT2D eigenvalue weighted by Gasteiger charge is -2.48. The highest BCUT2D eigenvalue weighted by Gasteiger charge is 2.61. The Morgan fingerprint density at radius 1 is 1.06 bits per heavy atom. The summed E-state index contributed by atoms with van der Waals surface area (Å²) in [5, 5.41) is 11.1. The number of unbranched alkanes of at least 4 members (excludes halogenated alkanes) is 1. The van der Waals surface area contributed by atoms with Gasteiger partial charge in [0.1, 0.15) is 12.1 Å². The number of nitrogens with one attached hydrogen (secondary N) is 4. The first-order valence-corrected chi connectivity index (χ1v) is 19.6. The van der Waals surface area contributed by atoms with Gasteiger partial charge in [0.2, 0.25) is 17.6 Å². The zero-order chi connectivity index (χ0) is 36.4. The Bertz CT molecular complexity index is 1400. The zero-order valence-electron chi connectivity index (χ0n) is 30.1. The Morgan fingerprint density at radius 2 is 1.73 bits per heavy atom. The fraction of sp³-hybridized carbons (Fsp3) is 0.800. The number of carbonyl (C=O) groups is 5. The van der Waals surface area contributed by atoms with E-state index in [1.807, 2.05) is 27.7 Å². The molecular weight excluding hydrogens is 650 g/mol. The number of nitrogens with zero attached hydrogens (tertiary/aromatic N) is 1. The summed E-state index contributed by atoms with van der Waals surface area (Å²) < 4.78 is 31.6. The molecule has 6 atom stereocenters. The summed E-state index contributed by atoms with van der Waals surface area (Å²) in [6.07, 6.45) is 7.06. The molecule has 49 heavy (non-hydrogen) atoms. The molecule has 6 unspecified atom stereocenters. The highest BCUT2D eigenvalue weighted by atomic mass is 32.2. The van der Waals surface area contributed by atoms with Gasteiger partial charge in [-0.1, -0.05) is 79.7 Å². The third-order valence-corrected chi connectivity index (χ3v) is 13.0. The average molecular weight is 708 g/mol. The molecule has 0 bridgehead atoms. The summed E-state index contributed by atoms with van der Waals surface area (Å²) in [4.78, 5) is 69.7. The second-order valence-corrected chi connectivity index (χ2v) is 18.3. The molecule has 14 heteroatoms. The highest BCUT2D eigenvalue weighted by Crippen LogP contribution is 2.57. The Kier molecular flexibility index (Phi) is 11.9. The second kappa shape index (κ2) is 15.1. The van der Waals surface area contributed by atoms with E-state index in [4.69, 9.17) is 4.74 Å². The Hall–Kier alpha value is -3.00. The van der Waals surface area contributed by atoms with E-state index in [1.165, 1.54) is 11.0 Å². The van der Waals surface area contributed by atoms with Crippen molar-refractivity contribution in [3.63, 3.8) is 0 Å². The van der Waals surface area contributed by atoms with Crippen LogP contribution >= 0.6 is 0 Å². The van der Waals surface area contributed by atoms with E-state index < -0.39 is 73.9 Å². The van der Waals surface area contributed by atoms with E-state index in [0.29, 0.717) is 32.2 Å². The second-order valence-electron chi connectivity index (χ2n) is 16.1. The number of likely N-dealkylation sites (tertiary alicyclic amines) is 1. The molecular formula is C35H57N5O8S. The molecule has 4 fully saturated rings. The summed E-state index contributed by atoms with van der Waals surface area (Å²) >= 11 is 0. The molecule has 2 saturated heterocycles. The Balaban J connectivity index is 1.58. The molecule has 2 aliphatic carbocycles. The van der Waals surface area contributed by atoms with Crippen LogP contribution in [0.1, 0.15) is 99.3 Å². The van der Waals surface area contributed by atoms with E-state index in [-0.39, 0.29) is 42.6 Å². The van der Waals surface area contributed by atoms with Crippen molar-refractivity contribution in [3.8, 4) is 0 Å². The maximum Gasteiger partial charge on any atom is 0.316 e. The van der Waals surface area contributed by atoms with Gasteiger partial charge in [-0.3, -0.25) is 19.2 Å². The molecule has 2 aliphatic heterocycles. The van der Waals surface area contributed by atoms with Crippen molar-refractivity contribution in [3.05, 3.63) is 12.7 Å². The van der Waals surface area contributed by atoms with Crippen molar-refractivity contribution in [2.45, 2.75) is 128 Å². The van der Waals surface area contributed by atoms with Crippen LogP contribution in [0.15, 0.2) is 12.7 Å². The van der Waals surface area contributed by atoms with Gasteiger partial charge < -0.3 is 30.9 Å². The fourth-order valence-corrected chi connectivity index (χ4v) is 10.1. The summed E-state index contributed by atoms with van der Waals surface area (Å²) in [5.74, 6) is -2.72. The number of amides is 5. The maximum absolute atomic E-state index is 14.6. The standard InChI is InChI=1S/C35H57N5O8S/c1-8-10-14-24(26(41)29(43)36-17-9-2)37-28(42)25-22-20-34(6,7)23(22)21-40(25)30(44)27(33(3,4)5)38-32(45)39-35(15-12-11-13-16-35)31-48-18-19-49(31,46)47/h9,22-25,27,31H,2,8,10-21H2,1,3-7H3,(H,36,43)(H,37,42)(H2,38,39,45). The minimum atomic E-state index is -3.58. The topological polar surface area (TPSA) is 180 Å². The molecule has 0 radical (unpaired) electrons. The van der Waals surface area contributed by atoms with E-state index in [0.717, 1.165) is 25.7 Å². The molecule has 0 aromatic heterocycles. The minimum Gasteiger partial charge on any atom is -0.359 e. The average Bonchev–Trinajstić information content (AvgIpc) is 3.57. The first-order chi connectivity index (χ1) is 22.9. The number of Topliss-reactive ketones (excluding diaryl/α,β-unsaturated/α-hetero) is 1. The SMILES string of the molecule is C=CCNC(=O)C(=O)C(CCCC)NC(=O)C1C2CC(C)(C)C2CN1C(=O)C(NC(=O)NC1(C2OCCS2(=O)=O)CCCCC1)C(C)(C)C. The van der Waals surface area contributed by atoms with Crippen LogP contribution in [0.2, 0.25) is 0 Å². The van der Waals surface area contributed by atoms with Crippen molar-refractivity contribution in [2.24, 2.45) is 22.7 Å². The van der Waals surface area contributed by atoms with Crippen molar-refractivity contribution >= 4 is 39.4 Å². The molecule has 0 aromatic carbocycles. The van der Waals surface area contributed by atoms with Crippen LogP contribution in [0, 0.1) is 22.7 Å². The molecule has 5 amide bonds. The minimum absolute atomic E-state index is 0.0255. The number of ketones is 1. The lowest BCUT2D eigenvalue weighted by Crippen LogP contribution is -2.65. The molecule has 4 rings (SSSR count). The number of carbonyl (C=O) groups excluding carboxylic acids is 5. The molecule has 4 N–H and O–H groups in total. The third-order valence-electron chi connectivity index (χ3n) is 11.0. The number of urea groups is 1. The molecule has 4 aliphatic rings. The Labute approximate surface area is 291 Å². The van der Waals surface area contributed by atoms with Crippen LogP contribution in [0.3, 0.4) is 0 Å². The van der Waals surface area contributed by atoms with Gasteiger partial charge in [-0.15, -0.1) is 6.58 Å². The predicted molar refractivity (Wildman–Crippen MR) is 185 cm³/mol. The lowest BCUT2D eigenvalue weighted by atomic mass is 9.55. The van der Waals surface area contributed by atoms with Gasteiger partial charge in [-0.05, 0) is 48.3 Å². The number of hydrogen-bond donors (Lipinski definition) is 4. The van der Waals surface area contributed by atoms with Crippen molar-refractivity contribution in [1.82, 2.24) is 26.2 Å². The Morgan fingerprint density at radius 3 is 2.29 bits per heavy atom. The van der Waals surface area contributed by atoms with Crippen molar-refractivity contribution in [1.29, 1.82) is 0 Å². The summed E-state index contributed by atoms with van der Waals surface area (Å²) in [6, 6.07) is -3.67. The monoisotopic (exact) mass is 707 g/mol. The summed E-state index contributed by atoms with van der Waals surface area (Å²) in [7, 11) is -3.58. The van der Waals surface area contributed by atoms with E-state index in [9.17, 15) is 32.4 Å². The molecule has 0 aromatic rings. The summed E-state index contributed by atoms with van der Waals surface area (Å²) in [5.41, 5.74) is -3.17. The smallest absolute Gasteiger partial charge is 0.316 e. The van der Waals surface area contributed by atoms with Crippen LogP contribution in [0.5, 0.6) is 0 Å². The van der Waals surface area contributed by atoms with Gasteiger partial charge in [0, 0.05) is 13.1 Å². The maximum atomic E-state index is 14.6. The number of sulfone groups is 1. The van der Waals surface area contributed by atoms with Crippen LogP contribution in [-0.2, 0) is 33.8 Å². The number of rotatable bonds is 13. The predicted octanol–water partition coefficient (Wildman–Crippen LogP) is 2.59. The van der Waals surface area contributed by atoms with E-state index >= 15 is 0 Å².